The van der Waals surface area contributed by atoms with E-state index in [1.807, 2.05) is 0 Å². The molecule has 2 amide bonds. The summed E-state index contributed by atoms with van der Waals surface area (Å²) in [5.41, 5.74) is 0.424. The molecule has 5 nitrogen and oxygen atoms in total. The van der Waals surface area contributed by atoms with Crippen LogP contribution in [0.2, 0.25) is 0 Å². The van der Waals surface area contributed by atoms with Crippen LogP contribution in [0.3, 0.4) is 0 Å². The predicted octanol–water partition coefficient (Wildman–Crippen LogP) is 2.67. The van der Waals surface area contributed by atoms with Crippen molar-refractivity contribution in [3.8, 4) is 0 Å². The van der Waals surface area contributed by atoms with E-state index in [1.165, 1.54) is 0 Å². The Bertz CT molecular complexity index is 522. The van der Waals surface area contributed by atoms with E-state index in [-0.39, 0.29) is 18.2 Å². The van der Waals surface area contributed by atoms with E-state index in [2.05, 4.69) is 10.6 Å². The predicted molar refractivity (Wildman–Crippen MR) is 82.0 cm³/mol. The molecular weight excluding hydrogens is 268 g/mol. The monoisotopic (exact) mass is 290 g/mol. The lowest BCUT2D eigenvalue weighted by Crippen LogP contribution is -2.30. The summed E-state index contributed by atoms with van der Waals surface area (Å²) in [5, 5.41) is 15.7. The Morgan fingerprint density at radius 1 is 1.14 bits per heavy atom. The lowest BCUT2D eigenvalue weighted by Gasteiger charge is -2.21. The van der Waals surface area contributed by atoms with Gasteiger partial charge in [-0.25, -0.2) is 0 Å². The minimum Gasteiger partial charge on any atom is -0.389 e. The smallest absolute Gasteiger partial charge is 0.227 e. The molecule has 0 radical (unpaired) electrons. The highest BCUT2D eigenvalue weighted by molar-refractivity contribution is 5.94. The summed E-state index contributed by atoms with van der Waals surface area (Å²) in [6.07, 6.45) is 3.85. The Morgan fingerprint density at radius 2 is 1.71 bits per heavy atom. The molecule has 1 saturated carbocycles. The van der Waals surface area contributed by atoms with Gasteiger partial charge < -0.3 is 15.7 Å². The van der Waals surface area contributed by atoms with E-state index in [9.17, 15) is 14.7 Å². The van der Waals surface area contributed by atoms with Gasteiger partial charge in [-0.2, -0.15) is 0 Å². The van der Waals surface area contributed by atoms with Gasteiger partial charge in [0, 0.05) is 17.8 Å². The number of benzene rings is 1. The number of hydrogen-bond acceptors (Lipinski definition) is 3. The summed E-state index contributed by atoms with van der Waals surface area (Å²) < 4.78 is 0. The standard InChI is InChI=1S/C16H22N2O3/c1-2-14(19)17-12-6-5-7-13(10-12)18-15(20)11-16(21)8-3-4-9-16/h5-7,10,21H,2-4,8-9,11H2,1H3,(H,17,19)(H,18,20). The Morgan fingerprint density at radius 3 is 2.29 bits per heavy atom. The molecule has 1 aliphatic carbocycles. The van der Waals surface area contributed by atoms with Gasteiger partial charge in [-0.3, -0.25) is 9.59 Å². The first-order valence-corrected chi connectivity index (χ1v) is 7.43. The SMILES string of the molecule is CCC(=O)Nc1cccc(NC(=O)CC2(O)CCCC2)c1. The van der Waals surface area contributed by atoms with E-state index < -0.39 is 5.60 Å². The number of anilines is 2. The summed E-state index contributed by atoms with van der Waals surface area (Å²) >= 11 is 0. The highest BCUT2D eigenvalue weighted by Gasteiger charge is 2.33. The Labute approximate surface area is 124 Å². The molecule has 0 atom stereocenters. The molecule has 21 heavy (non-hydrogen) atoms. The van der Waals surface area contributed by atoms with Crippen LogP contribution in [0.4, 0.5) is 11.4 Å². The van der Waals surface area contributed by atoms with Crippen molar-refractivity contribution in [2.45, 2.75) is 51.0 Å². The first-order valence-electron chi connectivity index (χ1n) is 7.43. The van der Waals surface area contributed by atoms with Crippen LogP contribution in [0.15, 0.2) is 24.3 Å². The van der Waals surface area contributed by atoms with E-state index in [0.717, 1.165) is 12.8 Å². The zero-order valence-corrected chi connectivity index (χ0v) is 12.3. The molecule has 0 bridgehead atoms. The molecule has 0 saturated heterocycles. The normalized spacial score (nSPS) is 16.5. The second-order valence-electron chi connectivity index (χ2n) is 5.64. The maximum atomic E-state index is 12.0. The number of amides is 2. The van der Waals surface area contributed by atoms with Crippen molar-refractivity contribution in [2.24, 2.45) is 0 Å². The Kier molecular flexibility index (Phi) is 4.96. The Hall–Kier alpha value is -1.88. The van der Waals surface area contributed by atoms with Crippen molar-refractivity contribution in [1.29, 1.82) is 0 Å². The van der Waals surface area contributed by atoms with Gasteiger partial charge in [-0.15, -0.1) is 0 Å². The van der Waals surface area contributed by atoms with Gasteiger partial charge in [-0.1, -0.05) is 25.8 Å². The number of rotatable bonds is 5. The lowest BCUT2D eigenvalue weighted by atomic mass is 9.97. The van der Waals surface area contributed by atoms with Crippen LogP contribution in [-0.2, 0) is 9.59 Å². The molecule has 0 aromatic heterocycles. The fourth-order valence-corrected chi connectivity index (χ4v) is 2.64. The quantitative estimate of drug-likeness (QED) is 0.780. The first-order chi connectivity index (χ1) is 10.0. The maximum Gasteiger partial charge on any atom is 0.227 e. The van der Waals surface area contributed by atoms with E-state index in [1.54, 1.807) is 31.2 Å². The van der Waals surface area contributed by atoms with Crippen molar-refractivity contribution in [2.75, 3.05) is 10.6 Å². The van der Waals surface area contributed by atoms with Gasteiger partial charge in [0.15, 0.2) is 0 Å². The third-order valence-electron chi connectivity index (χ3n) is 3.78. The largest absolute Gasteiger partial charge is 0.389 e. The summed E-state index contributed by atoms with van der Waals surface area (Å²) in [6, 6.07) is 7.02. The average molecular weight is 290 g/mol. The topological polar surface area (TPSA) is 78.4 Å². The number of hydrogen-bond donors (Lipinski definition) is 3. The lowest BCUT2D eigenvalue weighted by molar-refractivity contribution is -0.121. The van der Waals surface area contributed by atoms with Crippen molar-refractivity contribution in [1.82, 2.24) is 0 Å². The van der Waals surface area contributed by atoms with Crippen molar-refractivity contribution >= 4 is 23.2 Å². The minimum absolute atomic E-state index is 0.0706. The fourth-order valence-electron chi connectivity index (χ4n) is 2.64. The van der Waals surface area contributed by atoms with Gasteiger partial charge >= 0.3 is 0 Å². The van der Waals surface area contributed by atoms with Crippen molar-refractivity contribution in [3.63, 3.8) is 0 Å². The molecule has 5 heteroatoms. The zero-order valence-electron chi connectivity index (χ0n) is 12.3. The molecule has 2 rings (SSSR count). The van der Waals surface area contributed by atoms with Crippen LogP contribution < -0.4 is 10.6 Å². The average Bonchev–Trinajstić information content (AvgIpc) is 2.85. The Balaban J connectivity index is 1.94. The van der Waals surface area contributed by atoms with Crippen LogP contribution in [-0.4, -0.2) is 22.5 Å². The molecule has 0 spiro atoms. The van der Waals surface area contributed by atoms with Gasteiger partial charge in [-0.05, 0) is 31.0 Å². The van der Waals surface area contributed by atoms with Gasteiger partial charge in [0.1, 0.15) is 0 Å². The van der Waals surface area contributed by atoms with Crippen LogP contribution in [0.25, 0.3) is 0 Å². The third-order valence-corrected chi connectivity index (χ3v) is 3.78. The number of carbonyl (C=O) groups is 2. The molecule has 1 aliphatic rings. The second kappa shape index (κ2) is 6.72. The molecule has 1 aromatic carbocycles. The van der Waals surface area contributed by atoms with E-state index >= 15 is 0 Å². The molecule has 0 unspecified atom stereocenters. The highest BCUT2D eigenvalue weighted by atomic mass is 16.3. The van der Waals surface area contributed by atoms with E-state index in [4.69, 9.17) is 0 Å². The van der Waals surface area contributed by atoms with Crippen LogP contribution in [0, 0.1) is 0 Å². The zero-order chi connectivity index (χ0) is 15.3. The van der Waals surface area contributed by atoms with Crippen LogP contribution in [0.5, 0.6) is 0 Å². The summed E-state index contributed by atoms with van der Waals surface area (Å²) in [4.78, 5) is 23.4. The molecule has 0 aliphatic heterocycles. The summed E-state index contributed by atoms with van der Waals surface area (Å²) in [7, 11) is 0. The van der Waals surface area contributed by atoms with Crippen molar-refractivity contribution < 1.29 is 14.7 Å². The molecule has 0 heterocycles. The summed E-state index contributed by atoms with van der Waals surface area (Å²) in [5.74, 6) is -0.267. The first kappa shape index (κ1) is 15.5. The molecule has 1 fully saturated rings. The van der Waals surface area contributed by atoms with Gasteiger partial charge in [0.05, 0.1) is 12.0 Å². The second-order valence-corrected chi connectivity index (χ2v) is 5.64. The number of carbonyl (C=O) groups excluding carboxylic acids is 2. The van der Waals surface area contributed by atoms with Gasteiger partial charge in [0.25, 0.3) is 0 Å². The molecule has 3 N–H and O–H groups in total. The minimum atomic E-state index is -0.849. The number of nitrogens with one attached hydrogen (secondary N) is 2. The van der Waals surface area contributed by atoms with E-state index in [0.29, 0.717) is 30.6 Å². The molecular formula is C16H22N2O3. The molecule has 1 aromatic rings. The van der Waals surface area contributed by atoms with Gasteiger partial charge in [0.2, 0.25) is 11.8 Å². The third kappa shape index (κ3) is 4.56. The highest BCUT2D eigenvalue weighted by Crippen LogP contribution is 2.32. The maximum absolute atomic E-state index is 12.0. The van der Waals surface area contributed by atoms with Crippen LogP contribution in [0.1, 0.15) is 45.4 Å². The van der Waals surface area contributed by atoms with Crippen LogP contribution >= 0.6 is 0 Å². The van der Waals surface area contributed by atoms with Crippen molar-refractivity contribution in [3.05, 3.63) is 24.3 Å². The fraction of sp³-hybridized carbons (Fsp3) is 0.500. The summed E-state index contributed by atoms with van der Waals surface area (Å²) in [6.45, 7) is 1.78. The molecule has 114 valence electrons. The number of aliphatic hydroxyl groups is 1.